The monoisotopic (exact) mass is 281 g/mol. The molecule has 0 aromatic heterocycles. The van der Waals surface area contributed by atoms with Crippen LogP contribution in [0.25, 0.3) is 0 Å². The van der Waals surface area contributed by atoms with E-state index in [4.69, 9.17) is 4.74 Å². The first kappa shape index (κ1) is 14.4. The maximum absolute atomic E-state index is 13.8. The van der Waals surface area contributed by atoms with Gasteiger partial charge in [-0.2, -0.15) is 0 Å². The van der Waals surface area contributed by atoms with Crippen LogP contribution >= 0.6 is 0 Å². The predicted octanol–water partition coefficient (Wildman–Crippen LogP) is 3.92. The Morgan fingerprint density at radius 2 is 1.65 bits per heavy atom. The Morgan fingerprint density at radius 3 is 2.20 bits per heavy atom. The minimum absolute atomic E-state index is 0.0484. The van der Waals surface area contributed by atoms with Gasteiger partial charge in [-0.15, -0.1) is 0 Å². The van der Waals surface area contributed by atoms with Gasteiger partial charge < -0.3 is 10.1 Å². The fraction of sp³-hybridized carbons (Fsp3) is 0.200. The van der Waals surface area contributed by atoms with Gasteiger partial charge in [0.05, 0.1) is 0 Å². The second-order valence-corrected chi connectivity index (χ2v) is 4.43. The van der Waals surface area contributed by atoms with Crippen molar-refractivity contribution in [3.8, 4) is 11.5 Å². The molecule has 20 heavy (non-hydrogen) atoms. The molecule has 0 saturated carbocycles. The van der Waals surface area contributed by atoms with Gasteiger partial charge in [0.1, 0.15) is 11.6 Å². The third-order valence-corrected chi connectivity index (χ3v) is 2.80. The highest BCUT2D eigenvalue weighted by atomic mass is 19.1. The van der Waals surface area contributed by atoms with E-state index in [1.165, 1.54) is 24.3 Å². The van der Waals surface area contributed by atoms with Crippen molar-refractivity contribution in [2.75, 3.05) is 7.05 Å². The third kappa shape index (κ3) is 3.11. The van der Waals surface area contributed by atoms with E-state index in [1.54, 1.807) is 14.0 Å². The molecule has 0 saturated heterocycles. The van der Waals surface area contributed by atoms with Crippen LogP contribution < -0.4 is 10.1 Å². The molecular weight excluding hydrogens is 267 g/mol. The molecule has 0 atom stereocenters. The average Bonchev–Trinajstić information content (AvgIpc) is 2.38. The first-order chi connectivity index (χ1) is 9.51. The Bertz CT molecular complexity index is 606. The second kappa shape index (κ2) is 5.96. The van der Waals surface area contributed by atoms with E-state index in [2.05, 4.69) is 5.32 Å². The molecule has 2 nitrogen and oxygen atoms in total. The number of ether oxygens (including phenoxy) is 1. The summed E-state index contributed by atoms with van der Waals surface area (Å²) < 4.78 is 46.1. The number of aryl methyl sites for hydroxylation is 1. The Hall–Kier alpha value is -2.01. The summed E-state index contributed by atoms with van der Waals surface area (Å²) in [6, 6.07) is 6.39. The standard InChI is InChI=1S/C15H14F3NO/c1-9-3-4-11(7-12(9)16)20-15-13(17)5-10(8-19-2)6-14(15)18/h3-7,19H,8H2,1-2H3. The minimum Gasteiger partial charge on any atom is -0.451 e. The summed E-state index contributed by atoms with van der Waals surface area (Å²) in [6.07, 6.45) is 0. The minimum atomic E-state index is -0.823. The summed E-state index contributed by atoms with van der Waals surface area (Å²) in [4.78, 5) is 0. The molecule has 0 fully saturated rings. The number of rotatable bonds is 4. The van der Waals surface area contributed by atoms with Gasteiger partial charge in [-0.05, 0) is 43.3 Å². The molecule has 0 aliphatic rings. The lowest BCUT2D eigenvalue weighted by Crippen LogP contribution is -2.06. The molecule has 0 aliphatic carbocycles. The van der Waals surface area contributed by atoms with Gasteiger partial charge >= 0.3 is 0 Å². The van der Waals surface area contributed by atoms with Crippen LogP contribution in [-0.4, -0.2) is 7.05 Å². The lowest BCUT2D eigenvalue weighted by Gasteiger charge is -2.10. The molecule has 0 unspecified atom stereocenters. The van der Waals surface area contributed by atoms with Crippen molar-refractivity contribution in [3.05, 3.63) is 58.9 Å². The van der Waals surface area contributed by atoms with Gasteiger partial charge in [0.15, 0.2) is 17.4 Å². The van der Waals surface area contributed by atoms with E-state index >= 15 is 0 Å². The average molecular weight is 281 g/mol. The van der Waals surface area contributed by atoms with Crippen molar-refractivity contribution < 1.29 is 17.9 Å². The topological polar surface area (TPSA) is 21.3 Å². The Balaban J connectivity index is 2.31. The van der Waals surface area contributed by atoms with Crippen LogP contribution in [0.2, 0.25) is 0 Å². The van der Waals surface area contributed by atoms with Crippen molar-refractivity contribution in [3.63, 3.8) is 0 Å². The molecular formula is C15H14F3NO. The second-order valence-electron chi connectivity index (χ2n) is 4.43. The predicted molar refractivity (Wildman–Crippen MR) is 70.3 cm³/mol. The SMILES string of the molecule is CNCc1cc(F)c(Oc2ccc(C)c(F)c2)c(F)c1. The van der Waals surface area contributed by atoms with Crippen LogP contribution in [0.5, 0.6) is 11.5 Å². The molecule has 0 heterocycles. The number of halogens is 3. The molecule has 0 radical (unpaired) electrons. The van der Waals surface area contributed by atoms with Gasteiger partial charge in [0.25, 0.3) is 0 Å². The van der Waals surface area contributed by atoms with Gasteiger partial charge in [0, 0.05) is 12.6 Å². The Kier molecular flexibility index (Phi) is 4.29. The van der Waals surface area contributed by atoms with Crippen molar-refractivity contribution >= 4 is 0 Å². The van der Waals surface area contributed by atoms with Crippen molar-refractivity contribution in [2.24, 2.45) is 0 Å². The molecule has 5 heteroatoms. The molecule has 0 spiro atoms. The largest absolute Gasteiger partial charge is 0.451 e. The molecule has 2 aromatic rings. The van der Waals surface area contributed by atoms with Crippen molar-refractivity contribution in [1.82, 2.24) is 5.32 Å². The zero-order valence-electron chi connectivity index (χ0n) is 11.1. The highest BCUT2D eigenvalue weighted by Gasteiger charge is 2.14. The lowest BCUT2D eigenvalue weighted by atomic mass is 10.2. The Morgan fingerprint density at radius 1 is 1.00 bits per heavy atom. The number of benzene rings is 2. The van der Waals surface area contributed by atoms with Gasteiger partial charge in [-0.1, -0.05) is 6.07 Å². The summed E-state index contributed by atoms with van der Waals surface area (Å²) in [7, 11) is 1.68. The molecule has 0 aliphatic heterocycles. The van der Waals surface area contributed by atoms with E-state index < -0.39 is 23.2 Å². The van der Waals surface area contributed by atoms with E-state index in [-0.39, 0.29) is 5.75 Å². The normalized spacial score (nSPS) is 10.7. The van der Waals surface area contributed by atoms with Crippen LogP contribution in [0, 0.1) is 24.4 Å². The molecule has 0 amide bonds. The van der Waals surface area contributed by atoms with Gasteiger partial charge in [0.2, 0.25) is 0 Å². The Labute approximate surface area is 115 Å². The fourth-order valence-corrected chi connectivity index (χ4v) is 1.77. The van der Waals surface area contributed by atoms with Gasteiger partial charge in [-0.3, -0.25) is 0 Å². The summed E-state index contributed by atoms with van der Waals surface area (Å²) in [5, 5.41) is 2.80. The first-order valence-electron chi connectivity index (χ1n) is 6.08. The molecule has 2 rings (SSSR count). The molecule has 106 valence electrons. The summed E-state index contributed by atoms with van der Waals surface area (Å²) >= 11 is 0. The van der Waals surface area contributed by atoms with E-state index in [0.29, 0.717) is 17.7 Å². The van der Waals surface area contributed by atoms with Crippen LogP contribution in [0.1, 0.15) is 11.1 Å². The number of hydrogen-bond acceptors (Lipinski definition) is 2. The van der Waals surface area contributed by atoms with Crippen LogP contribution in [-0.2, 0) is 6.54 Å². The number of hydrogen-bond donors (Lipinski definition) is 1. The smallest absolute Gasteiger partial charge is 0.198 e. The highest BCUT2D eigenvalue weighted by molar-refractivity contribution is 5.37. The van der Waals surface area contributed by atoms with Crippen molar-refractivity contribution in [2.45, 2.75) is 13.5 Å². The summed E-state index contributed by atoms with van der Waals surface area (Å²) in [5.74, 6) is -2.62. The zero-order chi connectivity index (χ0) is 14.7. The van der Waals surface area contributed by atoms with Crippen LogP contribution in [0.4, 0.5) is 13.2 Å². The maximum atomic E-state index is 13.8. The lowest BCUT2D eigenvalue weighted by molar-refractivity contribution is 0.403. The van der Waals surface area contributed by atoms with Crippen molar-refractivity contribution in [1.29, 1.82) is 0 Å². The zero-order valence-corrected chi connectivity index (χ0v) is 11.1. The van der Waals surface area contributed by atoms with E-state index in [9.17, 15) is 13.2 Å². The molecule has 0 bridgehead atoms. The summed E-state index contributed by atoms with van der Waals surface area (Å²) in [6.45, 7) is 1.93. The van der Waals surface area contributed by atoms with Crippen LogP contribution in [0.3, 0.4) is 0 Å². The quantitative estimate of drug-likeness (QED) is 0.917. The maximum Gasteiger partial charge on any atom is 0.198 e. The summed E-state index contributed by atoms with van der Waals surface area (Å²) in [5.41, 5.74) is 0.896. The van der Waals surface area contributed by atoms with E-state index in [0.717, 1.165) is 6.07 Å². The highest BCUT2D eigenvalue weighted by Crippen LogP contribution is 2.29. The number of nitrogens with one attached hydrogen (secondary N) is 1. The van der Waals surface area contributed by atoms with E-state index in [1.807, 2.05) is 0 Å². The first-order valence-corrected chi connectivity index (χ1v) is 6.08. The van der Waals surface area contributed by atoms with Gasteiger partial charge in [-0.25, -0.2) is 13.2 Å². The molecule has 1 N–H and O–H groups in total. The fourth-order valence-electron chi connectivity index (χ4n) is 1.77. The molecule has 2 aromatic carbocycles. The van der Waals surface area contributed by atoms with Crippen LogP contribution in [0.15, 0.2) is 30.3 Å². The third-order valence-electron chi connectivity index (χ3n) is 2.80.